The van der Waals surface area contributed by atoms with Crippen molar-refractivity contribution >= 4 is 17.7 Å². The fourth-order valence-corrected chi connectivity index (χ4v) is 3.58. The van der Waals surface area contributed by atoms with E-state index in [0.29, 0.717) is 6.42 Å². The van der Waals surface area contributed by atoms with Gasteiger partial charge in [-0.25, -0.2) is 11.4 Å². The number of benzene rings is 2. The number of hydrazine groups is 1. The number of aliphatic carboxylic acids is 1. The molecular weight excluding hydrogens is 374 g/mol. The van der Waals surface area contributed by atoms with E-state index in [2.05, 4.69) is 10.4 Å². The Labute approximate surface area is 167 Å². The van der Waals surface area contributed by atoms with Crippen molar-refractivity contribution in [2.24, 2.45) is 16.7 Å². The van der Waals surface area contributed by atoms with Crippen LogP contribution in [0.3, 0.4) is 0 Å². The molecule has 2 atom stereocenters. The summed E-state index contributed by atoms with van der Waals surface area (Å²) in [5.74, 6) is 3.60. The molecule has 0 aromatic heterocycles. The van der Waals surface area contributed by atoms with Crippen LogP contribution in [0.4, 0.5) is 0 Å². The minimum Gasteiger partial charge on any atom is -0.496 e. The van der Waals surface area contributed by atoms with Gasteiger partial charge >= 0.3 is 5.97 Å². The molecule has 0 bridgehead atoms. The number of amides is 1. The van der Waals surface area contributed by atoms with Crippen LogP contribution in [0.1, 0.15) is 24.3 Å². The SMILES string of the molecule is COc1ccccc1-c1ccc([C@@H]2CC2(CC(=O)O)NC(=O)/C(N)=N/NN)cc1. The average Bonchev–Trinajstić information content (AvgIpc) is 3.40. The van der Waals surface area contributed by atoms with Gasteiger partial charge in [0.15, 0.2) is 0 Å². The number of hydrogen-bond acceptors (Lipinski definition) is 6. The standard InChI is InChI=1S/C20H23N5O4/c1-29-16-5-3-2-4-14(16)12-6-8-13(9-7-12)15-10-20(15,11-17(26)27)23-19(28)18(21)24-25-22/h2-9,15,25H,10-11,22H2,1H3,(H2,21,24)(H,23,28)(H,26,27)/t15-,20?/m0/s1. The average molecular weight is 397 g/mol. The highest BCUT2D eigenvalue weighted by Crippen LogP contribution is 2.54. The Morgan fingerprint density at radius 2 is 1.93 bits per heavy atom. The topological polar surface area (TPSA) is 152 Å². The van der Waals surface area contributed by atoms with Gasteiger partial charge in [0.25, 0.3) is 5.91 Å². The lowest BCUT2D eigenvalue weighted by atomic mass is 9.99. The lowest BCUT2D eigenvalue weighted by Gasteiger charge is -2.18. The molecule has 0 heterocycles. The normalized spacial score (nSPS) is 20.6. The summed E-state index contributed by atoms with van der Waals surface area (Å²) >= 11 is 0. The number of nitrogens with zero attached hydrogens (tertiary/aromatic N) is 1. The third-order valence-electron chi connectivity index (χ3n) is 5.05. The number of para-hydroxylation sites is 1. The molecule has 9 nitrogen and oxygen atoms in total. The zero-order chi connectivity index (χ0) is 21.0. The second-order valence-electron chi connectivity index (χ2n) is 6.89. The third kappa shape index (κ3) is 4.30. The number of nitrogens with two attached hydrogens (primary N) is 2. The molecule has 3 rings (SSSR count). The van der Waals surface area contributed by atoms with Crippen molar-refractivity contribution in [2.45, 2.75) is 24.3 Å². The number of rotatable bonds is 7. The molecule has 1 amide bonds. The van der Waals surface area contributed by atoms with Gasteiger partial charge in [-0.05, 0) is 23.6 Å². The van der Waals surface area contributed by atoms with Crippen molar-refractivity contribution in [1.29, 1.82) is 0 Å². The maximum atomic E-state index is 12.2. The Hall–Kier alpha value is -3.59. The molecule has 1 aliphatic rings. The number of amidine groups is 1. The van der Waals surface area contributed by atoms with Crippen molar-refractivity contribution in [1.82, 2.24) is 10.9 Å². The number of carboxylic acid groups (broad SMARTS) is 1. The number of hydrogen-bond donors (Lipinski definition) is 5. The number of carbonyl (C=O) groups is 2. The molecule has 0 radical (unpaired) electrons. The Balaban J connectivity index is 1.82. The van der Waals surface area contributed by atoms with Crippen LogP contribution in [0, 0.1) is 0 Å². The first-order valence-corrected chi connectivity index (χ1v) is 8.96. The van der Waals surface area contributed by atoms with Crippen molar-refractivity contribution in [3.63, 3.8) is 0 Å². The van der Waals surface area contributed by atoms with E-state index in [0.717, 1.165) is 22.4 Å². The number of carboxylic acids is 1. The second kappa shape index (κ2) is 8.19. The fraction of sp³-hybridized carbons (Fsp3) is 0.250. The van der Waals surface area contributed by atoms with Gasteiger partial charge in [0.05, 0.1) is 19.1 Å². The van der Waals surface area contributed by atoms with Gasteiger partial charge in [0, 0.05) is 11.5 Å². The Bertz CT molecular complexity index is 944. The molecule has 29 heavy (non-hydrogen) atoms. The van der Waals surface area contributed by atoms with Crippen LogP contribution in [0.15, 0.2) is 53.6 Å². The highest BCUT2D eigenvalue weighted by molar-refractivity contribution is 6.37. The van der Waals surface area contributed by atoms with E-state index in [1.54, 1.807) is 7.11 Å². The number of nitrogens with one attached hydrogen (secondary N) is 2. The molecule has 0 saturated heterocycles. The maximum Gasteiger partial charge on any atom is 0.305 e. The van der Waals surface area contributed by atoms with Crippen molar-refractivity contribution in [3.05, 3.63) is 54.1 Å². The molecule has 2 aromatic carbocycles. The molecule has 2 aromatic rings. The summed E-state index contributed by atoms with van der Waals surface area (Å²) in [4.78, 5) is 23.5. The van der Waals surface area contributed by atoms with Crippen LogP contribution in [-0.2, 0) is 9.59 Å². The van der Waals surface area contributed by atoms with Gasteiger partial charge in [-0.15, -0.1) is 5.10 Å². The summed E-state index contributed by atoms with van der Waals surface area (Å²) in [6.07, 6.45) is 0.267. The minimum absolute atomic E-state index is 0.145. The summed E-state index contributed by atoms with van der Waals surface area (Å²) in [5, 5.41) is 15.4. The fourth-order valence-electron chi connectivity index (χ4n) is 3.58. The van der Waals surface area contributed by atoms with Crippen LogP contribution < -0.4 is 27.2 Å². The first-order chi connectivity index (χ1) is 13.9. The predicted octanol–water partition coefficient (Wildman–Crippen LogP) is 0.915. The zero-order valence-corrected chi connectivity index (χ0v) is 15.9. The zero-order valence-electron chi connectivity index (χ0n) is 15.9. The van der Waals surface area contributed by atoms with E-state index in [9.17, 15) is 14.7 Å². The van der Waals surface area contributed by atoms with Crippen LogP contribution in [-0.4, -0.2) is 35.5 Å². The first-order valence-electron chi connectivity index (χ1n) is 8.96. The lowest BCUT2D eigenvalue weighted by Crippen LogP contribution is -2.46. The molecule has 9 heteroatoms. The maximum absolute atomic E-state index is 12.2. The largest absolute Gasteiger partial charge is 0.496 e. The monoisotopic (exact) mass is 397 g/mol. The number of carbonyl (C=O) groups excluding carboxylic acids is 1. The van der Waals surface area contributed by atoms with E-state index in [1.807, 2.05) is 54.1 Å². The van der Waals surface area contributed by atoms with E-state index in [4.69, 9.17) is 16.3 Å². The Kier molecular flexibility index (Phi) is 5.69. The van der Waals surface area contributed by atoms with Crippen molar-refractivity contribution < 1.29 is 19.4 Å². The van der Waals surface area contributed by atoms with E-state index in [1.165, 1.54) is 0 Å². The molecule has 0 aliphatic heterocycles. The number of ether oxygens (including phenoxy) is 1. The molecule has 152 valence electrons. The summed E-state index contributed by atoms with van der Waals surface area (Å²) < 4.78 is 5.40. The van der Waals surface area contributed by atoms with E-state index >= 15 is 0 Å². The van der Waals surface area contributed by atoms with Gasteiger partial charge in [-0.2, -0.15) is 0 Å². The summed E-state index contributed by atoms with van der Waals surface area (Å²) in [6.45, 7) is 0. The van der Waals surface area contributed by atoms with Crippen LogP contribution in [0.5, 0.6) is 5.75 Å². The highest BCUT2D eigenvalue weighted by Gasteiger charge is 2.57. The van der Waals surface area contributed by atoms with Crippen molar-refractivity contribution in [2.75, 3.05) is 7.11 Å². The van der Waals surface area contributed by atoms with Crippen LogP contribution >= 0.6 is 0 Å². The molecular formula is C20H23N5O4. The lowest BCUT2D eigenvalue weighted by molar-refractivity contribution is -0.138. The molecule has 1 unspecified atom stereocenters. The van der Waals surface area contributed by atoms with Crippen molar-refractivity contribution in [3.8, 4) is 16.9 Å². The van der Waals surface area contributed by atoms with E-state index in [-0.39, 0.29) is 18.2 Å². The molecule has 1 saturated carbocycles. The smallest absolute Gasteiger partial charge is 0.305 e. The molecule has 0 spiro atoms. The summed E-state index contributed by atoms with van der Waals surface area (Å²) in [7, 11) is 1.62. The highest BCUT2D eigenvalue weighted by atomic mass is 16.5. The van der Waals surface area contributed by atoms with Gasteiger partial charge in [-0.3, -0.25) is 9.59 Å². The number of hydrazone groups is 1. The van der Waals surface area contributed by atoms with Crippen LogP contribution in [0.25, 0.3) is 11.1 Å². The Morgan fingerprint density at radius 3 is 2.55 bits per heavy atom. The summed E-state index contributed by atoms with van der Waals surface area (Å²) in [6, 6.07) is 15.5. The van der Waals surface area contributed by atoms with E-state index < -0.39 is 17.4 Å². The summed E-state index contributed by atoms with van der Waals surface area (Å²) in [5.41, 5.74) is 9.42. The Morgan fingerprint density at radius 1 is 1.24 bits per heavy atom. The molecule has 1 fully saturated rings. The van der Waals surface area contributed by atoms with Gasteiger partial charge < -0.3 is 20.9 Å². The molecule has 7 N–H and O–H groups in total. The second-order valence-corrected chi connectivity index (χ2v) is 6.89. The minimum atomic E-state index is -1.01. The van der Waals surface area contributed by atoms with Gasteiger partial charge in [-0.1, -0.05) is 42.5 Å². The first kappa shape index (κ1) is 20.2. The van der Waals surface area contributed by atoms with Gasteiger partial charge in [0.1, 0.15) is 5.75 Å². The number of methoxy groups -OCH3 is 1. The van der Waals surface area contributed by atoms with Crippen LogP contribution in [0.2, 0.25) is 0 Å². The van der Waals surface area contributed by atoms with Gasteiger partial charge in [0.2, 0.25) is 5.84 Å². The predicted molar refractivity (Wildman–Crippen MR) is 108 cm³/mol. The third-order valence-corrected chi connectivity index (χ3v) is 5.05. The quantitative estimate of drug-likeness (QED) is 0.201. The molecule has 1 aliphatic carbocycles.